The Hall–Kier alpha value is -1.01. The molecule has 5 nitrogen and oxygen atoms in total. The number of pyridine rings is 1. The minimum absolute atomic E-state index is 0.356. The Bertz CT molecular complexity index is 333. The molecule has 1 atom stereocenters. The van der Waals surface area contributed by atoms with Gasteiger partial charge in [-0.1, -0.05) is 0 Å². The number of ether oxygens (including phenoxy) is 1. The van der Waals surface area contributed by atoms with Gasteiger partial charge in [0, 0.05) is 32.9 Å². The zero-order valence-electron chi connectivity index (χ0n) is 10.5. The number of rotatable bonds is 7. The molecule has 1 aromatic rings. The molecule has 0 spiro atoms. The fourth-order valence-corrected chi connectivity index (χ4v) is 1.72. The number of aromatic nitrogens is 1. The van der Waals surface area contributed by atoms with Crippen molar-refractivity contribution in [2.45, 2.75) is 19.2 Å². The molecule has 3 N–H and O–H groups in total. The van der Waals surface area contributed by atoms with Crippen LogP contribution in [0, 0.1) is 0 Å². The van der Waals surface area contributed by atoms with Crippen molar-refractivity contribution in [2.24, 2.45) is 5.73 Å². The van der Waals surface area contributed by atoms with Crippen molar-refractivity contribution in [3.8, 4) is 0 Å². The summed E-state index contributed by atoms with van der Waals surface area (Å²) in [6, 6.07) is 3.94. The molecular formula is C12H21N3O2. The van der Waals surface area contributed by atoms with E-state index < -0.39 is 6.10 Å². The molecule has 1 aromatic heterocycles. The smallest absolute Gasteiger partial charge is 0.0900 e. The van der Waals surface area contributed by atoms with Gasteiger partial charge in [-0.05, 0) is 24.7 Å². The minimum atomic E-state index is -0.458. The number of aliphatic hydroxyl groups is 1. The summed E-state index contributed by atoms with van der Waals surface area (Å²) in [5, 5.41) is 9.60. The molecule has 0 saturated heterocycles. The number of likely N-dealkylation sites (N-methyl/N-ethyl adjacent to an activating group) is 1. The monoisotopic (exact) mass is 239 g/mol. The van der Waals surface area contributed by atoms with E-state index in [0.717, 1.165) is 17.8 Å². The predicted octanol–water partition coefficient (Wildman–Crippen LogP) is -0.0206. The molecular weight excluding hydrogens is 218 g/mol. The maximum absolute atomic E-state index is 9.60. The molecule has 96 valence electrons. The first-order chi connectivity index (χ1) is 8.15. The summed E-state index contributed by atoms with van der Waals surface area (Å²) in [5.74, 6) is 0. The van der Waals surface area contributed by atoms with Crippen LogP contribution in [-0.2, 0) is 17.8 Å². The normalized spacial score (nSPS) is 13.0. The van der Waals surface area contributed by atoms with Gasteiger partial charge in [-0.15, -0.1) is 0 Å². The van der Waals surface area contributed by atoms with Gasteiger partial charge >= 0.3 is 0 Å². The standard InChI is InChI=1S/C12H21N3O2/c1-15(8-12(16)9-17-2)7-10-3-4-14-11(5-10)6-13/h3-5,12,16H,6-9,13H2,1-2H3. The Balaban J connectivity index is 2.46. The lowest BCUT2D eigenvalue weighted by molar-refractivity contribution is 0.0419. The highest BCUT2D eigenvalue weighted by Gasteiger charge is 2.08. The van der Waals surface area contributed by atoms with Crippen molar-refractivity contribution in [3.05, 3.63) is 29.6 Å². The summed E-state index contributed by atoms with van der Waals surface area (Å²) in [6.45, 7) is 2.14. The Labute approximate surface area is 102 Å². The number of hydrogen-bond acceptors (Lipinski definition) is 5. The SMILES string of the molecule is COCC(O)CN(C)Cc1ccnc(CN)c1. The van der Waals surface area contributed by atoms with Crippen LogP contribution in [0.3, 0.4) is 0 Å². The van der Waals surface area contributed by atoms with Crippen molar-refractivity contribution in [1.29, 1.82) is 0 Å². The molecule has 0 aliphatic carbocycles. The molecule has 17 heavy (non-hydrogen) atoms. The molecule has 0 amide bonds. The van der Waals surface area contributed by atoms with Gasteiger partial charge in [0.1, 0.15) is 0 Å². The molecule has 1 rings (SSSR count). The van der Waals surface area contributed by atoms with Crippen LogP contribution in [0.5, 0.6) is 0 Å². The zero-order valence-corrected chi connectivity index (χ0v) is 10.5. The van der Waals surface area contributed by atoms with Gasteiger partial charge in [0.15, 0.2) is 0 Å². The second-order valence-corrected chi connectivity index (χ2v) is 4.17. The Kier molecular flexibility index (Phi) is 6.07. The molecule has 0 fully saturated rings. The predicted molar refractivity (Wildman–Crippen MR) is 66.3 cm³/mol. The first kappa shape index (κ1) is 14.1. The van der Waals surface area contributed by atoms with E-state index in [4.69, 9.17) is 10.5 Å². The van der Waals surface area contributed by atoms with Crippen LogP contribution < -0.4 is 5.73 Å². The minimum Gasteiger partial charge on any atom is -0.389 e. The van der Waals surface area contributed by atoms with Crippen LogP contribution >= 0.6 is 0 Å². The van der Waals surface area contributed by atoms with E-state index in [2.05, 4.69) is 4.98 Å². The Morgan fingerprint density at radius 2 is 2.35 bits per heavy atom. The molecule has 0 aliphatic rings. The molecule has 1 heterocycles. The summed E-state index contributed by atoms with van der Waals surface area (Å²) in [4.78, 5) is 6.18. The van der Waals surface area contributed by atoms with Crippen LogP contribution in [0.25, 0.3) is 0 Å². The third-order valence-corrected chi connectivity index (χ3v) is 2.42. The largest absolute Gasteiger partial charge is 0.389 e. The number of nitrogens with two attached hydrogens (primary N) is 1. The molecule has 0 aliphatic heterocycles. The molecule has 0 saturated carbocycles. The molecule has 0 bridgehead atoms. The zero-order chi connectivity index (χ0) is 12.7. The average molecular weight is 239 g/mol. The van der Waals surface area contributed by atoms with E-state index in [-0.39, 0.29) is 0 Å². The van der Waals surface area contributed by atoms with Crippen LogP contribution in [0.4, 0.5) is 0 Å². The third-order valence-electron chi connectivity index (χ3n) is 2.42. The van der Waals surface area contributed by atoms with Crippen molar-refractivity contribution < 1.29 is 9.84 Å². The number of nitrogens with zero attached hydrogens (tertiary/aromatic N) is 2. The van der Waals surface area contributed by atoms with Crippen LogP contribution in [-0.4, -0.2) is 48.4 Å². The molecule has 5 heteroatoms. The Morgan fingerprint density at radius 3 is 3.00 bits per heavy atom. The van der Waals surface area contributed by atoms with Gasteiger partial charge in [0.2, 0.25) is 0 Å². The van der Waals surface area contributed by atoms with Crippen LogP contribution in [0.1, 0.15) is 11.3 Å². The lowest BCUT2D eigenvalue weighted by Crippen LogP contribution is -2.31. The highest BCUT2D eigenvalue weighted by molar-refractivity contribution is 5.16. The lowest BCUT2D eigenvalue weighted by Gasteiger charge is -2.20. The summed E-state index contributed by atoms with van der Waals surface area (Å²) in [6.07, 6.45) is 1.30. The topological polar surface area (TPSA) is 71.6 Å². The maximum Gasteiger partial charge on any atom is 0.0900 e. The summed E-state index contributed by atoms with van der Waals surface area (Å²) >= 11 is 0. The highest BCUT2D eigenvalue weighted by atomic mass is 16.5. The first-order valence-corrected chi connectivity index (χ1v) is 5.65. The third kappa shape index (κ3) is 5.23. The van der Waals surface area contributed by atoms with E-state index in [1.807, 2.05) is 24.1 Å². The van der Waals surface area contributed by atoms with Crippen molar-refractivity contribution >= 4 is 0 Å². The second kappa shape index (κ2) is 7.34. The van der Waals surface area contributed by atoms with E-state index in [1.165, 1.54) is 0 Å². The van der Waals surface area contributed by atoms with Crippen LogP contribution in [0.15, 0.2) is 18.3 Å². The van der Waals surface area contributed by atoms with Gasteiger partial charge in [-0.25, -0.2) is 0 Å². The molecule has 1 unspecified atom stereocenters. The van der Waals surface area contributed by atoms with Crippen molar-refractivity contribution in [2.75, 3.05) is 27.3 Å². The van der Waals surface area contributed by atoms with Crippen molar-refractivity contribution in [1.82, 2.24) is 9.88 Å². The van der Waals surface area contributed by atoms with E-state index in [0.29, 0.717) is 19.7 Å². The fraction of sp³-hybridized carbons (Fsp3) is 0.583. The van der Waals surface area contributed by atoms with Gasteiger partial charge in [0.25, 0.3) is 0 Å². The quantitative estimate of drug-likeness (QED) is 0.699. The Morgan fingerprint density at radius 1 is 1.59 bits per heavy atom. The highest BCUT2D eigenvalue weighted by Crippen LogP contribution is 2.05. The number of aliphatic hydroxyl groups excluding tert-OH is 1. The molecule has 0 aromatic carbocycles. The molecule has 0 radical (unpaired) electrons. The first-order valence-electron chi connectivity index (χ1n) is 5.65. The number of methoxy groups -OCH3 is 1. The lowest BCUT2D eigenvalue weighted by atomic mass is 10.2. The maximum atomic E-state index is 9.60. The van der Waals surface area contributed by atoms with Gasteiger partial charge in [-0.3, -0.25) is 9.88 Å². The number of hydrogen-bond donors (Lipinski definition) is 2. The summed E-state index contributed by atoms with van der Waals surface area (Å²) < 4.78 is 4.89. The van der Waals surface area contributed by atoms with Gasteiger partial charge in [-0.2, -0.15) is 0 Å². The van der Waals surface area contributed by atoms with Crippen molar-refractivity contribution in [3.63, 3.8) is 0 Å². The van der Waals surface area contributed by atoms with Crippen LogP contribution in [0.2, 0.25) is 0 Å². The average Bonchev–Trinajstić information content (AvgIpc) is 2.29. The van der Waals surface area contributed by atoms with E-state index in [9.17, 15) is 5.11 Å². The van der Waals surface area contributed by atoms with E-state index in [1.54, 1.807) is 13.3 Å². The van der Waals surface area contributed by atoms with Gasteiger partial charge < -0.3 is 15.6 Å². The van der Waals surface area contributed by atoms with Gasteiger partial charge in [0.05, 0.1) is 18.4 Å². The fourth-order valence-electron chi connectivity index (χ4n) is 1.72. The second-order valence-electron chi connectivity index (χ2n) is 4.17. The van der Waals surface area contributed by atoms with E-state index >= 15 is 0 Å². The summed E-state index contributed by atoms with van der Waals surface area (Å²) in [5.41, 5.74) is 7.57. The summed E-state index contributed by atoms with van der Waals surface area (Å²) in [7, 11) is 3.54.